The lowest BCUT2D eigenvalue weighted by molar-refractivity contribution is 0.113. The third-order valence-corrected chi connectivity index (χ3v) is 3.97. The maximum absolute atomic E-state index is 5.60. The molecule has 1 aromatic rings. The first-order chi connectivity index (χ1) is 9.19. The lowest BCUT2D eigenvalue weighted by atomic mass is 10.2. The van der Waals surface area contributed by atoms with E-state index in [0.29, 0.717) is 6.10 Å². The van der Waals surface area contributed by atoms with Crippen molar-refractivity contribution in [3.05, 3.63) is 16.1 Å². The monoisotopic (exact) mass is 410 g/mol. The highest BCUT2D eigenvalue weighted by Crippen LogP contribution is 2.11. The fourth-order valence-corrected chi connectivity index (χ4v) is 2.80. The topological polar surface area (TPSA) is 49.8 Å². The molecule has 1 aliphatic heterocycles. The Morgan fingerprint density at radius 1 is 1.65 bits per heavy atom. The standard InChI is InChI=1S/C13H22N4OS.HI/c1-10-16-11(9-19-10)8-17(3)13(14-2)15-7-12-5-4-6-18-12;/h9,12H,4-8H2,1-3H3,(H,14,15);1H. The molecule has 0 spiro atoms. The number of aromatic nitrogens is 1. The summed E-state index contributed by atoms with van der Waals surface area (Å²) in [5.41, 5.74) is 1.09. The zero-order valence-electron chi connectivity index (χ0n) is 12.3. The van der Waals surface area contributed by atoms with Crippen LogP contribution < -0.4 is 5.32 Å². The van der Waals surface area contributed by atoms with Gasteiger partial charge in [-0.15, -0.1) is 35.3 Å². The van der Waals surface area contributed by atoms with Crippen LogP contribution in [-0.4, -0.2) is 49.2 Å². The molecular formula is C13H23IN4OS. The average Bonchev–Trinajstić information content (AvgIpc) is 3.02. The maximum Gasteiger partial charge on any atom is 0.193 e. The molecule has 2 rings (SSSR count). The smallest absolute Gasteiger partial charge is 0.193 e. The van der Waals surface area contributed by atoms with Gasteiger partial charge in [0.2, 0.25) is 0 Å². The van der Waals surface area contributed by atoms with Gasteiger partial charge in [0.1, 0.15) is 0 Å². The van der Waals surface area contributed by atoms with Crippen LogP contribution in [0.4, 0.5) is 0 Å². The first-order valence-electron chi connectivity index (χ1n) is 6.63. The zero-order chi connectivity index (χ0) is 13.7. The summed E-state index contributed by atoms with van der Waals surface area (Å²) in [5, 5.41) is 6.56. The van der Waals surface area contributed by atoms with Crippen LogP contribution in [-0.2, 0) is 11.3 Å². The first-order valence-corrected chi connectivity index (χ1v) is 7.51. The Morgan fingerprint density at radius 2 is 2.45 bits per heavy atom. The minimum absolute atomic E-state index is 0. The highest BCUT2D eigenvalue weighted by atomic mass is 127. The molecule has 7 heteroatoms. The molecule has 1 saturated heterocycles. The molecule has 114 valence electrons. The highest BCUT2D eigenvalue weighted by molar-refractivity contribution is 14.0. The van der Waals surface area contributed by atoms with Crippen molar-refractivity contribution in [3.8, 4) is 0 Å². The molecule has 1 atom stereocenters. The Morgan fingerprint density at radius 3 is 3.00 bits per heavy atom. The molecule has 1 N–H and O–H groups in total. The lowest BCUT2D eigenvalue weighted by Gasteiger charge is -2.22. The van der Waals surface area contributed by atoms with Gasteiger partial charge in [0.15, 0.2) is 5.96 Å². The van der Waals surface area contributed by atoms with E-state index >= 15 is 0 Å². The Balaban J connectivity index is 0.00000200. The van der Waals surface area contributed by atoms with Crippen LogP contribution in [0, 0.1) is 6.92 Å². The summed E-state index contributed by atoms with van der Waals surface area (Å²) in [6.45, 7) is 4.51. The van der Waals surface area contributed by atoms with Gasteiger partial charge in [0.05, 0.1) is 23.4 Å². The molecule has 20 heavy (non-hydrogen) atoms. The Kier molecular flexibility index (Phi) is 7.75. The number of thiazole rings is 1. The summed E-state index contributed by atoms with van der Waals surface area (Å²) in [6.07, 6.45) is 2.63. The Hall–Kier alpha value is -0.410. The van der Waals surface area contributed by atoms with Gasteiger partial charge in [0.25, 0.3) is 0 Å². The number of aliphatic imine (C=N–C) groups is 1. The van der Waals surface area contributed by atoms with E-state index in [-0.39, 0.29) is 24.0 Å². The van der Waals surface area contributed by atoms with Crippen LogP contribution in [0.5, 0.6) is 0 Å². The van der Waals surface area contributed by atoms with Gasteiger partial charge >= 0.3 is 0 Å². The van der Waals surface area contributed by atoms with E-state index in [0.717, 1.165) is 42.8 Å². The van der Waals surface area contributed by atoms with Crippen molar-refractivity contribution < 1.29 is 4.74 Å². The zero-order valence-corrected chi connectivity index (χ0v) is 15.4. The van der Waals surface area contributed by atoms with Crippen molar-refractivity contribution >= 4 is 41.3 Å². The second-order valence-electron chi connectivity index (χ2n) is 4.78. The molecule has 1 unspecified atom stereocenters. The van der Waals surface area contributed by atoms with E-state index in [4.69, 9.17) is 4.74 Å². The molecule has 1 aromatic heterocycles. The molecular weight excluding hydrogens is 387 g/mol. The maximum atomic E-state index is 5.60. The van der Waals surface area contributed by atoms with E-state index in [1.807, 2.05) is 14.0 Å². The molecule has 0 saturated carbocycles. The molecule has 5 nitrogen and oxygen atoms in total. The number of ether oxygens (including phenoxy) is 1. The van der Waals surface area contributed by atoms with E-state index in [2.05, 4.69) is 25.6 Å². The van der Waals surface area contributed by atoms with E-state index in [1.165, 1.54) is 6.42 Å². The summed E-state index contributed by atoms with van der Waals surface area (Å²) in [7, 11) is 3.83. The van der Waals surface area contributed by atoms with Crippen molar-refractivity contribution in [2.45, 2.75) is 32.4 Å². The summed E-state index contributed by atoms with van der Waals surface area (Å²) in [4.78, 5) is 10.9. The number of halogens is 1. The number of guanidine groups is 1. The molecule has 1 aliphatic rings. The third-order valence-electron chi connectivity index (χ3n) is 3.15. The third kappa shape index (κ3) is 5.17. The largest absolute Gasteiger partial charge is 0.376 e. The molecule has 0 aliphatic carbocycles. The highest BCUT2D eigenvalue weighted by Gasteiger charge is 2.16. The second-order valence-corrected chi connectivity index (χ2v) is 5.84. The second kappa shape index (κ2) is 8.78. The van der Waals surface area contributed by atoms with E-state index < -0.39 is 0 Å². The van der Waals surface area contributed by atoms with Crippen LogP contribution in [0.3, 0.4) is 0 Å². The lowest BCUT2D eigenvalue weighted by Crippen LogP contribution is -2.41. The molecule has 2 heterocycles. The number of hydrogen-bond donors (Lipinski definition) is 1. The number of hydrogen-bond acceptors (Lipinski definition) is 4. The summed E-state index contributed by atoms with van der Waals surface area (Å²) in [5.74, 6) is 0.890. The van der Waals surface area contributed by atoms with Crippen molar-refractivity contribution in [1.82, 2.24) is 15.2 Å². The van der Waals surface area contributed by atoms with Gasteiger partial charge in [-0.1, -0.05) is 0 Å². The average molecular weight is 410 g/mol. The number of rotatable bonds is 4. The van der Waals surface area contributed by atoms with Gasteiger partial charge < -0.3 is 15.0 Å². The molecule has 0 amide bonds. The van der Waals surface area contributed by atoms with Gasteiger partial charge in [-0.25, -0.2) is 4.98 Å². The van der Waals surface area contributed by atoms with Crippen LogP contribution in [0.2, 0.25) is 0 Å². The van der Waals surface area contributed by atoms with Crippen molar-refractivity contribution in [2.24, 2.45) is 4.99 Å². The summed E-state index contributed by atoms with van der Waals surface area (Å²) < 4.78 is 5.60. The van der Waals surface area contributed by atoms with Crippen LogP contribution in [0.25, 0.3) is 0 Å². The van der Waals surface area contributed by atoms with E-state index in [1.54, 1.807) is 18.4 Å². The van der Waals surface area contributed by atoms with Crippen molar-refractivity contribution in [2.75, 3.05) is 27.2 Å². The quantitative estimate of drug-likeness (QED) is 0.470. The van der Waals surface area contributed by atoms with Crippen molar-refractivity contribution in [1.29, 1.82) is 0 Å². The summed E-state index contributed by atoms with van der Waals surface area (Å²) >= 11 is 1.68. The molecule has 0 radical (unpaired) electrons. The summed E-state index contributed by atoms with van der Waals surface area (Å²) in [6, 6.07) is 0. The predicted molar refractivity (Wildman–Crippen MR) is 94.1 cm³/mol. The minimum atomic E-state index is 0. The normalized spacial score (nSPS) is 18.8. The number of aryl methyl sites for hydroxylation is 1. The molecule has 0 aromatic carbocycles. The van der Waals surface area contributed by atoms with Gasteiger partial charge in [0, 0.05) is 32.6 Å². The molecule has 1 fully saturated rings. The first kappa shape index (κ1) is 17.6. The number of nitrogens with zero attached hydrogens (tertiary/aromatic N) is 3. The number of nitrogens with one attached hydrogen (secondary N) is 1. The van der Waals surface area contributed by atoms with Gasteiger partial charge in [-0.05, 0) is 19.8 Å². The van der Waals surface area contributed by atoms with Gasteiger partial charge in [-0.2, -0.15) is 0 Å². The van der Waals surface area contributed by atoms with E-state index in [9.17, 15) is 0 Å². The molecule has 0 bridgehead atoms. The Bertz CT molecular complexity index is 432. The van der Waals surface area contributed by atoms with Crippen LogP contribution in [0.1, 0.15) is 23.5 Å². The predicted octanol–water partition coefficient (Wildman–Crippen LogP) is 2.26. The van der Waals surface area contributed by atoms with Gasteiger partial charge in [-0.3, -0.25) is 4.99 Å². The fourth-order valence-electron chi connectivity index (χ4n) is 2.19. The minimum Gasteiger partial charge on any atom is -0.376 e. The van der Waals surface area contributed by atoms with Crippen LogP contribution >= 0.6 is 35.3 Å². The van der Waals surface area contributed by atoms with Crippen LogP contribution in [0.15, 0.2) is 10.4 Å². The fraction of sp³-hybridized carbons (Fsp3) is 0.692. The van der Waals surface area contributed by atoms with Crippen molar-refractivity contribution in [3.63, 3.8) is 0 Å². The Labute approximate surface area is 141 Å². The SMILES string of the molecule is CN=C(NCC1CCCO1)N(C)Cc1csc(C)n1.I.